The van der Waals surface area contributed by atoms with Crippen LogP contribution in [0.4, 0.5) is 0 Å². The minimum absolute atomic E-state index is 0.186. The molecule has 0 bridgehead atoms. The Morgan fingerprint density at radius 1 is 1.07 bits per heavy atom. The quantitative estimate of drug-likeness (QED) is 0.678. The van der Waals surface area contributed by atoms with Gasteiger partial charge in [0.25, 0.3) is 5.91 Å². The number of carbonyl (C=O) groups excluding carboxylic acids is 2. The molecule has 0 heterocycles. The van der Waals surface area contributed by atoms with E-state index < -0.39 is 17.9 Å². The van der Waals surface area contributed by atoms with Crippen LogP contribution < -0.4 is 15.4 Å². The third-order valence-corrected chi connectivity index (χ3v) is 4.77. The molecule has 2 rings (SSSR count). The molecule has 1 aliphatic carbocycles. The summed E-state index contributed by atoms with van der Waals surface area (Å²) >= 11 is 0. The SMILES string of the molecule is CCOc1ccc(C(=O)NCC(=O)NC2CCCCCCC2C(=O)O)cc1. The van der Waals surface area contributed by atoms with Gasteiger partial charge in [0, 0.05) is 11.6 Å². The summed E-state index contributed by atoms with van der Waals surface area (Å²) in [6, 6.07) is 6.27. The summed E-state index contributed by atoms with van der Waals surface area (Å²) in [5.74, 6) is -1.50. The molecule has 0 saturated heterocycles. The highest BCUT2D eigenvalue weighted by Crippen LogP contribution is 2.23. The van der Waals surface area contributed by atoms with E-state index in [9.17, 15) is 19.5 Å². The van der Waals surface area contributed by atoms with Gasteiger partial charge < -0.3 is 20.5 Å². The molecule has 1 aliphatic rings. The molecule has 27 heavy (non-hydrogen) atoms. The highest BCUT2D eigenvalue weighted by atomic mass is 16.5. The van der Waals surface area contributed by atoms with Gasteiger partial charge in [-0.05, 0) is 44.0 Å². The van der Waals surface area contributed by atoms with Gasteiger partial charge in [-0.2, -0.15) is 0 Å². The van der Waals surface area contributed by atoms with Crippen molar-refractivity contribution in [3.05, 3.63) is 29.8 Å². The first-order valence-corrected chi connectivity index (χ1v) is 9.54. The smallest absolute Gasteiger partial charge is 0.308 e. The highest BCUT2D eigenvalue weighted by Gasteiger charge is 2.29. The Labute approximate surface area is 159 Å². The average Bonchev–Trinajstić information content (AvgIpc) is 2.62. The summed E-state index contributed by atoms with van der Waals surface area (Å²) in [7, 11) is 0. The van der Waals surface area contributed by atoms with Crippen molar-refractivity contribution in [2.24, 2.45) is 5.92 Å². The van der Waals surface area contributed by atoms with Crippen LogP contribution >= 0.6 is 0 Å². The van der Waals surface area contributed by atoms with Crippen molar-refractivity contribution in [1.82, 2.24) is 10.6 Å². The van der Waals surface area contributed by atoms with Crippen molar-refractivity contribution in [3.8, 4) is 5.75 Å². The van der Waals surface area contributed by atoms with E-state index in [0.717, 1.165) is 25.7 Å². The summed E-state index contributed by atoms with van der Waals surface area (Å²) in [4.78, 5) is 35.9. The number of hydrogen-bond donors (Lipinski definition) is 3. The van der Waals surface area contributed by atoms with Crippen LogP contribution in [0.5, 0.6) is 5.75 Å². The molecule has 2 unspecified atom stereocenters. The minimum atomic E-state index is -0.874. The molecule has 2 atom stereocenters. The molecule has 0 radical (unpaired) electrons. The van der Waals surface area contributed by atoms with E-state index in [4.69, 9.17) is 4.74 Å². The van der Waals surface area contributed by atoms with Crippen molar-refractivity contribution >= 4 is 17.8 Å². The Hall–Kier alpha value is -2.57. The topological polar surface area (TPSA) is 105 Å². The van der Waals surface area contributed by atoms with E-state index in [-0.39, 0.29) is 18.4 Å². The molecule has 0 aromatic heterocycles. The number of amides is 2. The third-order valence-electron chi connectivity index (χ3n) is 4.77. The van der Waals surface area contributed by atoms with Crippen LogP contribution in [0.3, 0.4) is 0 Å². The van der Waals surface area contributed by atoms with Crippen LogP contribution in [-0.2, 0) is 9.59 Å². The number of carboxylic acid groups (broad SMARTS) is 1. The van der Waals surface area contributed by atoms with E-state index in [1.165, 1.54) is 0 Å². The number of aliphatic carboxylic acids is 1. The molecule has 2 amide bonds. The predicted octanol–water partition coefficient (Wildman–Crippen LogP) is 2.35. The fourth-order valence-corrected chi connectivity index (χ4v) is 3.34. The number of carbonyl (C=O) groups is 3. The Balaban J connectivity index is 1.86. The summed E-state index contributed by atoms with van der Waals surface area (Å²) in [5.41, 5.74) is 0.431. The van der Waals surface area contributed by atoms with Crippen molar-refractivity contribution in [1.29, 1.82) is 0 Å². The van der Waals surface area contributed by atoms with Crippen LogP contribution in [0.2, 0.25) is 0 Å². The molecule has 7 heteroatoms. The Morgan fingerprint density at radius 3 is 2.37 bits per heavy atom. The molecule has 1 fully saturated rings. The first kappa shape index (κ1) is 20.7. The van der Waals surface area contributed by atoms with Crippen molar-refractivity contribution in [2.45, 2.75) is 51.5 Å². The van der Waals surface area contributed by atoms with Gasteiger partial charge in [0.1, 0.15) is 5.75 Å². The predicted molar refractivity (Wildman–Crippen MR) is 101 cm³/mol. The van der Waals surface area contributed by atoms with Gasteiger partial charge in [0.05, 0.1) is 19.1 Å². The number of ether oxygens (including phenoxy) is 1. The van der Waals surface area contributed by atoms with E-state index in [1.807, 2.05) is 6.92 Å². The maximum atomic E-state index is 12.2. The van der Waals surface area contributed by atoms with Gasteiger partial charge in [-0.3, -0.25) is 14.4 Å². The zero-order chi connectivity index (χ0) is 19.6. The second-order valence-corrected chi connectivity index (χ2v) is 6.75. The van der Waals surface area contributed by atoms with Crippen LogP contribution in [0, 0.1) is 5.92 Å². The molecule has 1 saturated carbocycles. The fourth-order valence-electron chi connectivity index (χ4n) is 3.34. The highest BCUT2D eigenvalue weighted by molar-refractivity contribution is 5.96. The summed E-state index contributed by atoms with van der Waals surface area (Å²) in [5, 5.41) is 14.8. The maximum absolute atomic E-state index is 12.2. The van der Waals surface area contributed by atoms with E-state index in [0.29, 0.717) is 30.8 Å². The van der Waals surface area contributed by atoms with Crippen LogP contribution in [0.25, 0.3) is 0 Å². The molecular formula is C20H28N2O5. The van der Waals surface area contributed by atoms with Crippen LogP contribution in [0.15, 0.2) is 24.3 Å². The first-order chi connectivity index (χ1) is 13.0. The number of carboxylic acids is 1. The van der Waals surface area contributed by atoms with Gasteiger partial charge in [0.15, 0.2) is 0 Å². The molecule has 148 valence electrons. The Kier molecular flexibility index (Phi) is 8.10. The molecular weight excluding hydrogens is 348 g/mol. The van der Waals surface area contributed by atoms with Gasteiger partial charge in [0.2, 0.25) is 5.91 Å². The number of nitrogens with one attached hydrogen (secondary N) is 2. The molecule has 7 nitrogen and oxygen atoms in total. The molecule has 0 aliphatic heterocycles. The van der Waals surface area contributed by atoms with Crippen molar-refractivity contribution < 1.29 is 24.2 Å². The zero-order valence-corrected chi connectivity index (χ0v) is 15.7. The lowest BCUT2D eigenvalue weighted by Gasteiger charge is -2.27. The van der Waals surface area contributed by atoms with E-state index in [2.05, 4.69) is 10.6 Å². The maximum Gasteiger partial charge on any atom is 0.308 e. The summed E-state index contributed by atoms with van der Waals surface area (Å²) < 4.78 is 5.33. The van der Waals surface area contributed by atoms with Gasteiger partial charge in [-0.25, -0.2) is 0 Å². The van der Waals surface area contributed by atoms with Crippen LogP contribution in [-0.4, -0.2) is 42.1 Å². The second-order valence-electron chi connectivity index (χ2n) is 6.75. The first-order valence-electron chi connectivity index (χ1n) is 9.54. The monoisotopic (exact) mass is 376 g/mol. The van der Waals surface area contributed by atoms with E-state index in [1.54, 1.807) is 24.3 Å². The number of hydrogen-bond acceptors (Lipinski definition) is 4. The van der Waals surface area contributed by atoms with Crippen LogP contribution in [0.1, 0.15) is 55.8 Å². The normalized spacial score (nSPS) is 20.0. The Bertz CT molecular complexity index is 644. The zero-order valence-electron chi connectivity index (χ0n) is 15.7. The summed E-state index contributed by atoms with van der Waals surface area (Å²) in [6.45, 7) is 2.24. The molecule has 0 spiro atoms. The molecule has 3 N–H and O–H groups in total. The number of rotatable bonds is 7. The van der Waals surface area contributed by atoms with Crippen molar-refractivity contribution in [2.75, 3.05) is 13.2 Å². The lowest BCUT2D eigenvalue weighted by atomic mass is 9.87. The standard InChI is InChI=1S/C20H28N2O5/c1-2-27-15-11-9-14(10-12-15)19(24)21-13-18(23)22-17-8-6-4-3-5-7-16(17)20(25)26/h9-12,16-17H,2-8,13H2,1H3,(H,21,24)(H,22,23)(H,25,26). The fraction of sp³-hybridized carbons (Fsp3) is 0.550. The molecule has 1 aromatic carbocycles. The lowest BCUT2D eigenvalue weighted by molar-refractivity contribution is -0.143. The number of benzene rings is 1. The minimum Gasteiger partial charge on any atom is -0.494 e. The second kappa shape index (κ2) is 10.5. The Morgan fingerprint density at radius 2 is 1.74 bits per heavy atom. The molecule has 1 aromatic rings. The largest absolute Gasteiger partial charge is 0.494 e. The lowest BCUT2D eigenvalue weighted by Crippen LogP contribution is -2.47. The van der Waals surface area contributed by atoms with Gasteiger partial charge in [-0.1, -0.05) is 25.7 Å². The van der Waals surface area contributed by atoms with Gasteiger partial charge in [-0.15, -0.1) is 0 Å². The average molecular weight is 376 g/mol. The van der Waals surface area contributed by atoms with Crippen molar-refractivity contribution in [3.63, 3.8) is 0 Å². The van der Waals surface area contributed by atoms with Gasteiger partial charge >= 0.3 is 5.97 Å². The van der Waals surface area contributed by atoms with E-state index >= 15 is 0 Å². The third kappa shape index (κ3) is 6.58. The summed E-state index contributed by atoms with van der Waals surface area (Å²) in [6.07, 6.45) is 5.05.